The predicted molar refractivity (Wildman–Crippen MR) is 137 cm³/mol. The summed E-state index contributed by atoms with van der Waals surface area (Å²) in [5, 5.41) is 14.3. The van der Waals surface area contributed by atoms with Crippen LogP contribution < -0.4 is 5.32 Å². The summed E-state index contributed by atoms with van der Waals surface area (Å²) in [5.74, 6) is -1.30. The van der Waals surface area contributed by atoms with Gasteiger partial charge in [0, 0.05) is 29.1 Å². The van der Waals surface area contributed by atoms with E-state index in [1.807, 2.05) is 60.4 Å². The second-order valence-electron chi connectivity index (χ2n) is 9.79. The number of carboxylic acids is 1. The highest BCUT2D eigenvalue weighted by atomic mass is 35.5. The summed E-state index contributed by atoms with van der Waals surface area (Å²) in [5.41, 5.74) is 0.855. The van der Waals surface area contributed by atoms with Crippen LogP contribution in [-0.2, 0) is 14.3 Å². The van der Waals surface area contributed by atoms with Gasteiger partial charge in [0.25, 0.3) is 0 Å². The van der Waals surface area contributed by atoms with Gasteiger partial charge in [-0.25, -0.2) is 0 Å². The molecule has 2 aromatic rings. The zero-order valence-corrected chi connectivity index (χ0v) is 21.6. The Morgan fingerprint density at radius 2 is 1.94 bits per heavy atom. The summed E-state index contributed by atoms with van der Waals surface area (Å²) in [7, 11) is 0. The molecule has 2 aliphatic rings. The first kappa shape index (κ1) is 26.0. The number of piperidine rings is 1. The molecule has 8 heteroatoms. The molecule has 0 saturated carbocycles. The summed E-state index contributed by atoms with van der Waals surface area (Å²) >= 11 is 12.6. The number of benzene rings is 2. The number of amides is 1. The van der Waals surface area contributed by atoms with E-state index in [2.05, 4.69) is 5.32 Å². The largest absolute Gasteiger partial charge is 0.481 e. The molecule has 2 aromatic carbocycles. The van der Waals surface area contributed by atoms with E-state index >= 15 is 0 Å². The molecule has 188 valence electrons. The number of rotatable bonds is 7. The van der Waals surface area contributed by atoms with Crippen molar-refractivity contribution < 1.29 is 19.4 Å². The van der Waals surface area contributed by atoms with E-state index in [1.165, 1.54) is 0 Å². The van der Waals surface area contributed by atoms with E-state index in [-0.39, 0.29) is 36.4 Å². The van der Waals surface area contributed by atoms with Crippen LogP contribution in [0.2, 0.25) is 10.0 Å². The maximum Gasteiger partial charge on any atom is 0.304 e. The van der Waals surface area contributed by atoms with Crippen molar-refractivity contribution in [2.75, 3.05) is 19.7 Å². The maximum absolute atomic E-state index is 14.3. The average Bonchev–Trinajstić information content (AvgIpc) is 2.83. The van der Waals surface area contributed by atoms with Crippen molar-refractivity contribution >= 4 is 35.1 Å². The Kier molecular flexibility index (Phi) is 8.06. The topological polar surface area (TPSA) is 78.9 Å². The first-order valence-corrected chi connectivity index (χ1v) is 12.9. The van der Waals surface area contributed by atoms with Gasteiger partial charge in [-0.05, 0) is 48.2 Å². The van der Waals surface area contributed by atoms with Crippen molar-refractivity contribution in [3.63, 3.8) is 0 Å². The van der Waals surface area contributed by atoms with E-state index in [9.17, 15) is 14.7 Å². The minimum absolute atomic E-state index is 0.154. The van der Waals surface area contributed by atoms with Gasteiger partial charge in [-0.2, -0.15) is 0 Å². The molecule has 5 atom stereocenters. The molecule has 2 fully saturated rings. The van der Waals surface area contributed by atoms with Gasteiger partial charge in [0.05, 0.1) is 36.6 Å². The highest BCUT2D eigenvalue weighted by Gasteiger charge is 2.53. The normalized spacial score (nSPS) is 28.1. The first-order valence-electron chi connectivity index (χ1n) is 12.1. The van der Waals surface area contributed by atoms with E-state index in [1.54, 1.807) is 6.92 Å². The van der Waals surface area contributed by atoms with Crippen LogP contribution in [0.4, 0.5) is 0 Å². The van der Waals surface area contributed by atoms with Gasteiger partial charge in [0.2, 0.25) is 5.91 Å². The lowest BCUT2D eigenvalue weighted by Crippen LogP contribution is -2.61. The van der Waals surface area contributed by atoms with Gasteiger partial charge in [0.15, 0.2) is 0 Å². The molecule has 2 heterocycles. The Labute approximate surface area is 216 Å². The van der Waals surface area contributed by atoms with E-state index in [4.69, 9.17) is 27.9 Å². The third-order valence-corrected chi connectivity index (χ3v) is 7.78. The van der Waals surface area contributed by atoms with Crippen LogP contribution in [0.25, 0.3) is 0 Å². The van der Waals surface area contributed by atoms with Crippen molar-refractivity contribution in [2.24, 2.45) is 5.41 Å². The minimum atomic E-state index is -1.07. The van der Waals surface area contributed by atoms with Crippen LogP contribution in [0, 0.1) is 5.41 Å². The van der Waals surface area contributed by atoms with Gasteiger partial charge in [-0.15, -0.1) is 0 Å². The quantitative estimate of drug-likeness (QED) is 0.519. The third-order valence-electron chi connectivity index (χ3n) is 7.29. The zero-order chi connectivity index (χ0) is 25.2. The fourth-order valence-corrected chi connectivity index (χ4v) is 6.04. The van der Waals surface area contributed by atoms with Crippen LogP contribution in [0.5, 0.6) is 0 Å². The number of ether oxygens (including phenoxy) is 1. The van der Waals surface area contributed by atoms with Crippen molar-refractivity contribution in [1.29, 1.82) is 0 Å². The van der Waals surface area contributed by atoms with E-state index in [0.29, 0.717) is 36.0 Å². The van der Waals surface area contributed by atoms with Crippen LogP contribution in [0.1, 0.15) is 56.2 Å². The van der Waals surface area contributed by atoms with Crippen molar-refractivity contribution in [2.45, 2.75) is 57.2 Å². The summed E-state index contributed by atoms with van der Waals surface area (Å²) in [6, 6.07) is 14.7. The summed E-state index contributed by atoms with van der Waals surface area (Å²) in [6.45, 7) is 5.79. The lowest BCUT2D eigenvalue weighted by Gasteiger charge is -2.53. The summed E-state index contributed by atoms with van der Waals surface area (Å²) < 4.78 is 6.13. The molecule has 0 aromatic heterocycles. The predicted octanol–water partition coefficient (Wildman–Crippen LogP) is 5.30. The molecule has 0 radical (unpaired) electrons. The number of halogens is 2. The molecule has 0 bridgehead atoms. The van der Waals surface area contributed by atoms with E-state index in [0.717, 1.165) is 17.7 Å². The van der Waals surface area contributed by atoms with Crippen LogP contribution in [0.15, 0.2) is 48.5 Å². The third kappa shape index (κ3) is 5.51. The number of nitrogens with one attached hydrogen (secondary N) is 1. The number of hydrogen-bond acceptors (Lipinski definition) is 4. The van der Waals surface area contributed by atoms with Crippen LogP contribution in [-0.4, -0.2) is 53.7 Å². The smallest absolute Gasteiger partial charge is 0.304 e. The molecule has 2 N–H and O–H groups in total. The van der Waals surface area contributed by atoms with Crippen molar-refractivity contribution in [1.82, 2.24) is 10.2 Å². The lowest BCUT2D eigenvalue weighted by atomic mass is 9.66. The standard InChI is InChI=1S/C27H32Cl2N2O4/c1-3-22(23-16-30-11-12-35-23)31-25(17-7-9-19(28)10-8-17)21(18-5-4-6-20(29)13-18)14-27(2,26(31)34)15-24(32)33/h4-10,13,21-23,25,30H,3,11-12,14-16H2,1-2H3,(H,32,33)/t21-,22-,23+,25-,27+/m1/s1. The molecule has 0 unspecified atom stereocenters. The molecular weight excluding hydrogens is 487 g/mol. The Morgan fingerprint density at radius 1 is 1.20 bits per heavy atom. The number of carboxylic acid groups (broad SMARTS) is 1. The van der Waals surface area contributed by atoms with Gasteiger partial charge in [-0.3, -0.25) is 9.59 Å². The van der Waals surface area contributed by atoms with E-state index < -0.39 is 11.4 Å². The monoisotopic (exact) mass is 518 g/mol. The van der Waals surface area contributed by atoms with Gasteiger partial charge in [0.1, 0.15) is 0 Å². The first-order chi connectivity index (χ1) is 16.7. The Morgan fingerprint density at radius 3 is 2.54 bits per heavy atom. The Hall–Kier alpha value is -2.12. The molecule has 0 spiro atoms. The summed E-state index contributed by atoms with van der Waals surface area (Å²) in [6.07, 6.45) is 0.628. The number of carbonyl (C=O) groups is 2. The molecule has 4 rings (SSSR count). The molecular formula is C27H32Cl2N2O4. The SMILES string of the molecule is CC[C@H]([C@@H]1CNCCO1)N1C(=O)[C@](C)(CC(=O)O)C[C@H](c2cccc(Cl)c2)[C@H]1c1ccc(Cl)cc1. The lowest BCUT2D eigenvalue weighted by molar-refractivity contribution is -0.165. The highest BCUT2D eigenvalue weighted by molar-refractivity contribution is 6.30. The molecule has 1 amide bonds. The number of carbonyl (C=O) groups excluding carboxylic acids is 1. The Balaban J connectivity index is 1.89. The van der Waals surface area contributed by atoms with Crippen LogP contribution >= 0.6 is 23.2 Å². The number of morpholine rings is 1. The average molecular weight is 519 g/mol. The summed E-state index contributed by atoms with van der Waals surface area (Å²) in [4.78, 5) is 28.1. The van der Waals surface area contributed by atoms with Gasteiger partial charge >= 0.3 is 5.97 Å². The van der Waals surface area contributed by atoms with Crippen molar-refractivity contribution in [3.05, 3.63) is 69.7 Å². The number of aliphatic carboxylic acids is 1. The number of hydrogen-bond donors (Lipinski definition) is 2. The van der Waals surface area contributed by atoms with Crippen molar-refractivity contribution in [3.8, 4) is 0 Å². The Bertz CT molecular complexity index is 1060. The molecule has 0 aliphatic carbocycles. The zero-order valence-electron chi connectivity index (χ0n) is 20.0. The second kappa shape index (κ2) is 10.9. The molecule has 2 aliphatic heterocycles. The molecule has 35 heavy (non-hydrogen) atoms. The fourth-order valence-electron chi connectivity index (χ4n) is 5.72. The molecule has 2 saturated heterocycles. The maximum atomic E-state index is 14.3. The number of likely N-dealkylation sites (tertiary alicyclic amines) is 1. The molecule has 6 nitrogen and oxygen atoms in total. The highest BCUT2D eigenvalue weighted by Crippen LogP contribution is 2.52. The van der Waals surface area contributed by atoms with Crippen LogP contribution in [0.3, 0.4) is 0 Å². The second-order valence-corrected chi connectivity index (χ2v) is 10.7. The van der Waals surface area contributed by atoms with Gasteiger partial charge < -0.3 is 20.1 Å². The fraction of sp³-hybridized carbons (Fsp3) is 0.481. The minimum Gasteiger partial charge on any atom is -0.481 e. The van der Waals surface area contributed by atoms with Gasteiger partial charge in [-0.1, -0.05) is 61.3 Å². The number of nitrogens with zero attached hydrogens (tertiary/aromatic N) is 1.